The molecule has 2 aromatic carbocycles. The van der Waals surface area contributed by atoms with Crippen LogP contribution in [-0.2, 0) is 14.3 Å². The Balaban J connectivity index is 1.74. The van der Waals surface area contributed by atoms with Crippen molar-refractivity contribution in [3.05, 3.63) is 64.7 Å². The number of rotatable bonds is 8. The number of amides is 2. The largest absolute Gasteiger partial charge is 0.454 e. The molecule has 6 heteroatoms. The van der Waals surface area contributed by atoms with Gasteiger partial charge in [0, 0.05) is 11.3 Å². The number of hydrogen-bond acceptors (Lipinski definition) is 4. The van der Waals surface area contributed by atoms with Gasteiger partial charge in [0.15, 0.2) is 6.61 Å². The normalized spacial score (nSPS) is 11.4. The molecule has 2 aromatic rings. The van der Waals surface area contributed by atoms with E-state index in [0.29, 0.717) is 17.2 Å². The number of aryl methyl sites for hydroxylation is 2. The molecule has 0 saturated carbocycles. The summed E-state index contributed by atoms with van der Waals surface area (Å²) in [6.45, 7) is 7.43. The predicted octanol–water partition coefficient (Wildman–Crippen LogP) is 3.73. The first-order valence-corrected chi connectivity index (χ1v) is 9.71. The van der Waals surface area contributed by atoms with Gasteiger partial charge < -0.3 is 15.4 Å². The molecule has 2 N–H and O–H groups in total. The summed E-state index contributed by atoms with van der Waals surface area (Å²) in [6.07, 6.45) is 1.04. The van der Waals surface area contributed by atoms with Gasteiger partial charge in [-0.2, -0.15) is 0 Å². The third kappa shape index (κ3) is 6.75. The highest BCUT2D eigenvalue weighted by Crippen LogP contribution is 2.20. The van der Waals surface area contributed by atoms with Gasteiger partial charge in [-0.1, -0.05) is 32.0 Å². The van der Waals surface area contributed by atoms with Gasteiger partial charge in [-0.05, 0) is 67.1 Å². The first-order chi connectivity index (χ1) is 13.8. The fourth-order valence-electron chi connectivity index (χ4n) is 2.66. The lowest BCUT2D eigenvalue weighted by atomic mass is 9.99. The molecule has 6 nitrogen and oxygen atoms in total. The Kier molecular flexibility index (Phi) is 7.95. The molecule has 0 radical (unpaired) electrons. The maximum atomic E-state index is 12.1. The molecule has 0 aliphatic rings. The number of carbonyl (C=O) groups is 3. The van der Waals surface area contributed by atoms with E-state index in [-0.39, 0.29) is 12.5 Å². The SMILES string of the molecule is CC[C@H](C)c1ccc(NC(=O)COC(=O)CNC(=O)c2ccc(C)c(C)c2)cc1. The first-order valence-electron chi connectivity index (χ1n) is 9.71. The molecule has 0 aliphatic heterocycles. The van der Waals surface area contributed by atoms with Gasteiger partial charge in [-0.25, -0.2) is 0 Å². The van der Waals surface area contributed by atoms with Crippen molar-refractivity contribution in [2.24, 2.45) is 0 Å². The Bertz CT molecular complexity index is 875. The van der Waals surface area contributed by atoms with Crippen LogP contribution in [0.4, 0.5) is 5.69 Å². The van der Waals surface area contributed by atoms with Crippen molar-refractivity contribution in [2.45, 2.75) is 40.0 Å². The molecule has 0 saturated heterocycles. The summed E-state index contributed by atoms with van der Waals surface area (Å²) in [7, 11) is 0. The molecule has 0 aromatic heterocycles. The Morgan fingerprint density at radius 1 is 1.00 bits per heavy atom. The van der Waals surface area contributed by atoms with Crippen LogP contribution in [0.25, 0.3) is 0 Å². The molecule has 2 amide bonds. The summed E-state index contributed by atoms with van der Waals surface area (Å²) >= 11 is 0. The number of nitrogens with one attached hydrogen (secondary N) is 2. The average Bonchev–Trinajstić information content (AvgIpc) is 2.72. The average molecular weight is 396 g/mol. The lowest BCUT2D eigenvalue weighted by Gasteiger charge is -2.11. The second kappa shape index (κ2) is 10.4. The monoisotopic (exact) mass is 396 g/mol. The zero-order valence-electron chi connectivity index (χ0n) is 17.4. The predicted molar refractivity (Wildman–Crippen MR) is 113 cm³/mol. The van der Waals surface area contributed by atoms with Crippen LogP contribution < -0.4 is 10.6 Å². The molecule has 0 aliphatic carbocycles. The quantitative estimate of drug-likeness (QED) is 0.666. The van der Waals surface area contributed by atoms with E-state index in [9.17, 15) is 14.4 Å². The number of hydrogen-bond donors (Lipinski definition) is 2. The Morgan fingerprint density at radius 3 is 2.31 bits per heavy atom. The molecule has 0 fully saturated rings. The summed E-state index contributed by atoms with van der Waals surface area (Å²) in [6, 6.07) is 12.9. The van der Waals surface area contributed by atoms with Gasteiger partial charge in [-0.3, -0.25) is 14.4 Å². The maximum absolute atomic E-state index is 12.1. The van der Waals surface area contributed by atoms with Crippen LogP contribution in [0.5, 0.6) is 0 Å². The smallest absolute Gasteiger partial charge is 0.325 e. The fraction of sp³-hybridized carbons (Fsp3) is 0.348. The molecule has 154 valence electrons. The highest BCUT2D eigenvalue weighted by atomic mass is 16.5. The Morgan fingerprint density at radius 2 is 1.69 bits per heavy atom. The molecule has 29 heavy (non-hydrogen) atoms. The van der Waals surface area contributed by atoms with E-state index in [4.69, 9.17) is 4.74 Å². The molecular formula is C23H28N2O4. The van der Waals surface area contributed by atoms with E-state index < -0.39 is 18.5 Å². The Hall–Kier alpha value is -3.15. The number of ether oxygens (including phenoxy) is 1. The highest BCUT2D eigenvalue weighted by Gasteiger charge is 2.12. The van der Waals surface area contributed by atoms with Crippen molar-refractivity contribution in [1.29, 1.82) is 0 Å². The molecular weight excluding hydrogens is 368 g/mol. The van der Waals surface area contributed by atoms with Gasteiger partial charge in [0.05, 0.1) is 0 Å². The molecule has 2 rings (SSSR count). The molecule has 0 unspecified atom stereocenters. The minimum Gasteiger partial charge on any atom is -0.454 e. The standard InChI is InChI=1S/C23H28N2O4/c1-5-15(2)18-8-10-20(11-9-18)25-21(26)14-29-22(27)13-24-23(28)19-7-6-16(3)17(4)12-19/h6-12,15H,5,13-14H2,1-4H3,(H,24,28)(H,25,26)/t15-/m0/s1. The van der Waals surface area contributed by atoms with Crippen molar-refractivity contribution < 1.29 is 19.1 Å². The van der Waals surface area contributed by atoms with E-state index in [1.54, 1.807) is 12.1 Å². The zero-order chi connectivity index (χ0) is 21.4. The highest BCUT2D eigenvalue weighted by molar-refractivity contribution is 5.96. The van der Waals surface area contributed by atoms with E-state index in [1.807, 2.05) is 44.2 Å². The van der Waals surface area contributed by atoms with Crippen LogP contribution in [0, 0.1) is 13.8 Å². The van der Waals surface area contributed by atoms with Crippen molar-refractivity contribution in [1.82, 2.24) is 5.32 Å². The number of carbonyl (C=O) groups excluding carboxylic acids is 3. The Labute approximate surface area is 171 Å². The van der Waals surface area contributed by atoms with E-state index in [2.05, 4.69) is 24.5 Å². The van der Waals surface area contributed by atoms with E-state index in [1.165, 1.54) is 5.56 Å². The second-order valence-corrected chi connectivity index (χ2v) is 7.12. The fourth-order valence-corrected chi connectivity index (χ4v) is 2.66. The topological polar surface area (TPSA) is 84.5 Å². The van der Waals surface area contributed by atoms with Gasteiger partial charge in [0.25, 0.3) is 11.8 Å². The maximum Gasteiger partial charge on any atom is 0.325 e. The van der Waals surface area contributed by atoms with Crippen LogP contribution >= 0.6 is 0 Å². The summed E-state index contributed by atoms with van der Waals surface area (Å²) in [5.41, 5.74) is 4.40. The number of benzene rings is 2. The van der Waals surface area contributed by atoms with E-state index in [0.717, 1.165) is 17.5 Å². The molecule has 0 bridgehead atoms. The summed E-state index contributed by atoms with van der Waals surface area (Å²) in [5, 5.41) is 5.18. The van der Waals surface area contributed by atoms with Gasteiger partial charge in [-0.15, -0.1) is 0 Å². The van der Waals surface area contributed by atoms with Crippen LogP contribution in [0.3, 0.4) is 0 Å². The van der Waals surface area contributed by atoms with Crippen LogP contribution in [0.1, 0.15) is 53.2 Å². The summed E-state index contributed by atoms with van der Waals surface area (Å²) in [4.78, 5) is 35.8. The molecule has 0 spiro atoms. The van der Waals surface area contributed by atoms with Crippen LogP contribution in [0.2, 0.25) is 0 Å². The zero-order valence-corrected chi connectivity index (χ0v) is 17.4. The minimum atomic E-state index is -0.676. The third-order valence-electron chi connectivity index (χ3n) is 4.90. The molecule has 0 heterocycles. The number of anilines is 1. The van der Waals surface area contributed by atoms with E-state index >= 15 is 0 Å². The van der Waals surface area contributed by atoms with Crippen molar-refractivity contribution >= 4 is 23.5 Å². The summed E-state index contributed by atoms with van der Waals surface area (Å²) in [5.74, 6) is -1.02. The van der Waals surface area contributed by atoms with Gasteiger partial charge in [0.2, 0.25) is 0 Å². The molecule has 1 atom stereocenters. The van der Waals surface area contributed by atoms with Crippen molar-refractivity contribution in [3.8, 4) is 0 Å². The van der Waals surface area contributed by atoms with Crippen molar-refractivity contribution in [3.63, 3.8) is 0 Å². The van der Waals surface area contributed by atoms with Crippen LogP contribution in [0.15, 0.2) is 42.5 Å². The first kappa shape index (κ1) is 22.1. The van der Waals surface area contributed by atoms with Crippen molar-refractivity contribution in [2.75, 3.05) is 18.5 Å². The lowest BCUT2D eigenvalue weighted by molar-refractivity contribution is -0.146. The number of esters is 1. The van der Waals surface area contributed by atoms with Crippen LogP contribution in [-0.4, -0.2) is 30.9 Å². The third-order valence-corrected chi connectivity index (χ3v) is 4.90. The second-order valence-electron chi connectivity index (χ2n) is 7.12. The lowest BCUT2D eigenvalue weighted by Crippen LogP contribution is -2.32. The summed E-state index contributed by atoms with van der Waals surface area (Å²) < 4.78 is 4.92. The van der Waals surface area contributed by atoms with Gasteiger partial charge >= 0.3 is 5.97 Å². The van der Waals surface area contributed by atoms with Gasteiger partial charge in [0.1, 0.15) is 6.54 Å². The minimum absolute atomic E-state index is 0.303.